The van der Waals surface area contributed by atoms with E-state index in [0.717, 1.165) is 30.6 Å². The van der Waals surface area contributed by atoms with Gasteiger partial charge in [0, 0.05) is 6.92 Å². The van der Waals surface area contributed by atoms with Crippen molar-refractivity contribution >= 4 is 29.4 Å². The van der Waals surface area contributed by atoms with Crippen molar-refractivity contribution in [2.24, 2.45) is 10.9 Å². The summed E-state index contributed by atoms with van der Waals surface area (Å²) in [6, 6.07) is 11.8. The van der Waals surface area contributed by atoms with Gasteiger partial charge in [-0.25, -0.2) is 9.79 Å². The van der Waals surface area contributed by atoms with Crippen molar-refractivity contribution in [3.63, 3.8) is 0 Å². The number of ether oxygens (including phenoxy) is 4. The Balaban J connectivity index is 1.80. The molecular weight excluding hydrogens is 580 g/mol. The Labute approximate surface area is 261 Å². The second-order valence-electron chi connectivity index (χ2n) is 10.9. The highest BCUT2D eigenvalue weighted by Crippen LogP contribution is 2.36. The first-order valence-corrected chi connectivity index (χ1v) is 15.8. The van der Waals surface area contributed by atoms with Gasteiger partial charge in [-0.3, -0.25) is 14.2 Å². The average molecular weight is 621 g/mol. The van der Waals surface area contributed by atoms with E-state index in [9.17, 15) is 14.4 Å². The van der Waals surface area contributed by atoms with Gasteiger partial charge in [0.15, 0.2) is 16.3 Å². The molecule has 44 heavy (non-hydrogen) atoms. The van der Waals surface area contributed by atoms with Gasteiger partial charge in [0.2, 0.25) is 0 Å². The number of allylic oxidation sites excluding steroid dienone is 1. The Bertz CT molecular complexity index is 1700. The Morgan fingerprint density at radius 1 is 1.05 bits per heavy atom. The smallest absolute Gasteiger partial charge is 0.338 e. The molecule has 0 N–H and O–H groups in total. The highest BCUT2D eigenvalue weighted by molar-refractivity contribution is 7.07. The number of rotatable bonds is 13. The first-order chi connectivity index (χ1) is 21.1. The summed E-state index contributed by atoms with van der Waals surface area (Å²) in [6.45, 7) is 12.1. The monoisotopic (exact) mass is 620 g/mol. The van der Waals surface area contributed by atoms with Crippen LogP contribution in [0.25, 0.3) is 6.08 Å². The normalized spacial score (nSPS) is 14.7. The average Bonchev–Trinajstić information content (AvgIpc) is 3.28. The van der Waals surface area contributed by atoms with Crippen molar-refractivity contribution in [1.29, 1.82) is 0 Å². The lowest BCUT2D eigenvalue weighted by Gasteiger charge is -2.25. The molecular formula is C34H40N2O7S. The first-order valence-electron chi connectivity index (χ1n) is 15.0. The molecule has 1 aliphatic rings. The van der Waals surface area contributed by atoms with Gasteiger partial charge in [-0.15, -0.1) is 0 Å². The van der Waals surface area contributed by atoms with Crippen molar-refractivity contribution in [1.82, 2.24) is 4.57 Å². The second kappa shape index (κ2) is 15.0. The minimum Gasteiger partial charge on any atom is -0.494 e. The van der Waals surface area contributed by atoms with E-state index in [1.807, 2.05) is 51.1 Å². The van der Waals surface area contributed by atoms with Gasteiger partial charge >= 0.3 is 11.9 Å². The molecule has 4 rings (SSSR count). The molecule has 0 amide bonds. The lowest BCUT2D eigenvalue weighted by atomic mass is 9.95. The summed E-state index contributed by atoms with van der Waals surface area (Å²) in [5.41, 5.74) is 1.86. The molecule has 0 spiro atoms. The fraction of sp³-hybridized carbons (Fsp3) is 0.412. The van der Waals surface area contributed by atoms with Gasteiger partial charge in [-0.2, -0.15) is 0 Å². The van der Waals surface area contributed by atoms with Gasteiger partial charge in [-0.1, -0.05) is 63.1 Å². The Morgan fingerprint density at radius 3 is 2.45 bits per heavy atom. The largest absolute Gasteiger partial charge is 0.494 e. The molecule has 0 saturated carbocycles. The zero-order chi connectivity index (χ0) is 31.8. The number of carbonyl (C=O) groups excluding carboxylic acids is 2. The summed E-state index contributed by atoms with van der Waals surface area (Å²) in [7, 11) is 0. The summed E-state index contributed by atoms with van der Waals surface area (Å²) in [4.78, 5) is 44.4. The van der Waals surface area contributed by atoms with Crippen LogP contribution < -0.4 is 29.1 Å². The number of hydrogen-bond donors (Lipinski definition) is 0. The van der Waals surface area contributed by atoms with Crippen LogP contribution >= 0.6 is 11.3 Å². The van der Waals surface area contributed by atoms with Crippen LogP contribution in [-0.2, 0) is 14.3 Å². The number of hydrogen-bond acceptors (Lipinski definition) is 9. The molecule has 9 nitrogen and oxygen atoms in total. The zero-order valence-corrected chi connectivity index (χ0v) is 27.0. The van der Waals surface area contributed by atoms with Crippen molar-refractivity contribution < 1.29 is 28.5 Å². The molecule has 234 valence electrons. The number of esters is 2. The van der Waals surface area contributed by atoms with Crippen LogP contribution in [0.4, 0.5) is 0 Å². The maximum atomic E-state index is 14.0. The Hall–Kier alpha value is -4.18. The highest BCUT2D eigenvalue weighted by Gasteiger charge is 2.34. The quantitative estimate of drug-likeness (QED) is 0.145. The Morgan fingerprint density at radius 2 is 1.80 bits per heavy atom. The molecule has 0 bridgehead atoms. The number of carbonyl (C=O) groups is 2. The zero-order valence-electron chi connectivity index (χ0n) is 26.2. The van der Waals surface area contributed by atoms with Gasteiger partial charge in [-0.05, 0) is 67.7 Å². The lowest BCUT2D eigenvalue weighted by molar-refractivity contribution is -0.140. The topological polar surface area (TPSA) is 105 Å². The van der Waals surface area contributed by atoms with E-state index in [2.05, 4.69) is 11.9 Å². The van der Waals surface area contributed by atoms with Gasteiger partial charge in [0.05, 0.1) is 41.7 Å². The molecule has 3 aromatic rings. The lowest BCUT2D eigenvalue weighted by Crippen LogP contribution is -2.40. The number of benzene rings is 2. The van der Waals surface area contributed by atoms with E-state index in [1.165, 1.54) is 22.8 Å². The van der Waals surface area contributed by atoms with E-state index in [0.29, 0.717) is 39.6 Å². The molecule has 0 radical (unpaired) electrons. The third-order valence-electron chi connectivity index (χ3n) is 6.82. The molecule has 0 aliphatic carbocycles. The maximum absolute atomic E-state index is 14.0. The Kier molecular flexibility index (Phi) is 11.2. The number of thiazole rings is 1. The summed E-state index contributed by atoms with van der Waals surface area (Å²) < 4.78 is 24.6. The first kappa shape index (κ1) is 32.7. The summed E-state index contributed by atoms with van der Waals surface area (Å²) in [5.74, 6) is 0.441. The third-order valence-corrected chi connectivity index (χ3v) is 7.80. The van der Waals surface area contributed by atoms with Gasteiger partial charge in [0.1, 0.15) is 5.75 Å². The van der Waals surface area contributed by atoms with Crippen LogP contribution in [0.1, 0.15) is 78.0 Å². The molecule has 1 atom stereocenters. The predicted octanol–water partition coefficient (Wildman–Crippen LogP) is 5.33. The minimum absolute atomic E-state index is 0.125. The van der Waals surface area contributed by atoms with E-state index in [-0.39, 0.29) is 29.4 Å². The second-order valence-corrected chi connectivity index (χ2v) is 11.9. The predicted molar refractivity (Wildman–Crippen MR) is 170 cm³/mol. The van der Waals surface area contributed by atoms with Crippen molar-refractivity contribution in [3.05, 3.63) is 84.5 Å². The van der Waals surface area contributed by atoms with Crippen LogP contribution in [-0.4, -0.2) is 36.3 Å². The maximum Gasteiger partial charge on any atom is 0.338 e. The molecule has 0 fully saturated rings. The SMILES string of the molecule is CCCCCOc1ccc(/C=c2\sc3n(c2=O)[C@H](c2ccc(OC(C)=O)c(OCC)c2)C(C(=O)OCC(C)C)=C(C)N=3)cc1. The van der Waals surface area contributed by atoms with Crippen LogP contribution in [0.5, 0.6) is 17.2 Å². The molecule has 10 heteroatoms. The van der Waals surface area contributed by atoms with E-state index in [1.54, 1.807) is 25.1 Å². The summed E-state index contributed by atoms with van der Waals surface area (Å²) in [5, 5.41) is 0. The fourth-order valence-corrected chi connectivity index (χ4v) is 5.82. The number of unbranched alkanes of at least 4 members (excludes halogenated alkanes) is 2. The molecule has 0 saturated heterocycles. The van der Waals surface area contributed by atoms with Crippen molar-refractivity contribution in [2.75, 3.05) is 19.8 Å². The molecule has 2 heterocycles. The number of aromatic nitrogens is 1. The number of nitrogens with zero attached hydrogens (tertiary/aromatic N) is 2. The van der Waals surface area contributed by atoms with Gasteiger partial charge in [0.25, 0.3) is 5.56 Å². The van der Waals surface area contributed by atoms with E-state index < -0.39 is 18.0 Å². The van der Waals surface area contributed by atoms with Crippen LogP contribution in [0.2, 0.25) is 0 Å². The van der Waals surface area contributed by atoms with Gasteiger partial charge < -0.3 is 18.9 Å². The summed E-state index contributed by atoms with van der Waals surface area (Å²) in [6.07, 6.45) is 5.08. The van der Waals surface area contributed by atoms with E-state index >= 15 is 0 Å². The van der Waals surface area contributed by atoms with Crippen molar-refractivity contribution in [2.45, 2.75) is 66.8 Å². The fourth-order valence-electron chi connectivity index (χ4n) is 4.77. The summed E-state index contributed by atoms with van der Waals surface area (Å²) >= 11 is 1.25. The molecule has 1 aromatic heterocycles. The highest BCUT2D eigenvalue weighted by atomic mass is 32.1. The molecule has 0 unspecified atom stereocenters. The van der Waals surface area contributed by atoms with Crippen LogP contribution in [0.3, 0.4) is 0 Å². The third kappa shape index (κ3) is 7.85. The van der Waals surface area contributed by atoms with Crippen molar-refractivity contribution in [3.8, 4) is 17.2 Å². The molecule has 1 aliphatic heterocycles. The molecule has 2 aromatic carbocycles. The standard InChI is InChI=1S/C34H40N2O7S/c1-7-9-10-17-41-26-14-11-24(12-15-26)18-29-32(38)36-31(25-13-16-27(43-23(6)37)28(19-25)40-8-2)30(22(5)35-34(36)44-29)33(39)42-20-21(3)4/h11-16,18-19,21,31H,7-10,17,20H2,1-6H3/b29-18-/t31-/m1/s1. The minimum atomic E-state index is -0.836. The number of fused-ring (bicyclic) bond motifs is 1. The van der Waals surface area contributed by atoms with Crippen LogP contribution in [0.15, 0.2) is 63.5 Å². The van der Waals surface area contributed by atoms with E-state index in [4.69, 9.17) is 18.9 Å². The van der Waals surface area contributed by atoms with Crippen LogP contribution in [0, 0.1) is 5.92 Å².